The Morgan fingerprint density at radius 1 is 1.05 bits per heavy atom. The summed E-state index contributed by atoms with van der Waals surface area (Å²) in [6, 6.07) is 9.66. The Kier molecular flexibility index (Phi) is 9.98. The molecule has 1 aromatic rings. The van der Waals surface area contributed by atoms with E-state index in [-0.39, 0.29) is 41.8 Å². The van der Waals surface area contributed by atoms with Gasteiger partial charge in [-0.05, 0) is 39.5 Å². The fourth-order valence-electron chi connectivity index (χ4n) is 1.41. The zero-order valence-electron chi connectivity index (χ0n) is 12.6. The Bertz CT molecular complexity index is 455. The summed E-state index contributed by atoms with van der Waals surface area (Å²) >= 11 is 10.9. The molecule has 1 N–H and O–H groups in total. The average molecular weight is 340 g/mol. The van der Waals surface area contributed by atoms with Crippen LogP contribution in [0.5, 0.6) is 0 Å². The van der Waals surface area contributed by atoms with Gasteiger partial charge in [0.2, 0.25) is 0 Å². The molecule has 7 heteroatoms. The quantitative estimate of drug-likeness (QED) is 0.485. The summed E-state index contributed by atoms with van der Waals surface area (Å²) in [6.45, 7) is 5.10. The van der Waals surface area contributed by atoms with Crippen molar-refractivity contribution in [3.63, 3.8) is 0 Å². The van der Waals surface area contributed by atoms with Crippen LogP contribution in [0.15, 0.2) is 30.3 Å². The molecule has 0 aliphatic carbocycles. The molecule has 1 rings (SSSR count). The molecule has 1 aromatic carbocycles. The molecule has 0 unspecified atom stereocenters. The maximum atomic E-state index is 5.75. The van der Waals surface area contributed by atoms with Gasteiger partial charge in [-0.3, -0.25) is 0 Å². The van der Waals surface area contributed by atoms with E-state index in [1.165, 1.54) is 0 Å². The van der Waals surface area contributed by atoms with Crippen LogP contribution >= 0.6 is 18.9 Å². The molecule has 0 atom stereocenters. The van der Waals surface area contributed by atoms with Crippen molar-refractivity contribution in [1.29, 1.82) is 0 Å². The van der Waals surface area contributed by atoms with Crippen molar-refractivity contribution in [3.05, 3.63) is 35.9 Å². The summed E-state index contributed by atoms with van der Waals surface area (Å²) in [5.74, 6) is 0. The first-order valence-electron chi connectivity index (χ1n) is 6.17. The second-order valence-electron chi connectivity index (χ2n) is 4.61. The maximum absolute atomic E-state index is 5.75. The minimum absolute atomic E-state index is 0. The Balaban J connectivity index is 0.00000361. The van der Waals surface area contributed by atoms with Gasteiger partial charge in [0, 0.05) is 35.1 Å². The van der Waals surface area contributed by atoms with Gasteiger partial charge in [0.15, 0.2) is 0 Å². The molecule has 0 aliphatic heterocycles. The molecular formula is C13H20NNaO2PS2. The van der Waals surface area contributed by atoms with Crippen molar-refractivity contribution in [1.82, 2.24) is 5.09 Å². The predicted molar refractivity (Wildman–Crippen MR) is 93.8 cm³/mol. The van der Waals surface area contributed by atoms with E-state index < -0.39 is 6.64 Å². The molecule has 0 amide bonds. The molecule has 3 nitrogen and oxygen atoms in total. The third-order valence-corrected chi connectivity index (χ3v) is 5.15. The first kappa shape index (κ1) is 20.7. The van der Waals surface area contributed by atoms with Crippen LogP contribution in [0.4, 0.5) is 0 Å². The molecule has 20 heavy (non-hydrogen) atoms. The van der Waals surface area contributed by atoms with Crippen LogP contribution in [-0.4, -0.2) is 46.8 Å². The number of rotatable bonds is 6. The van der Waals surface area contributed by atoms with Crippen molar-refractivity contribution in [2.45, 2.75) is 39.9 Å². The number of benzene rings is 1. The Hall–Kier alpha value is 0.680. The van der Waals surface area contributed by atoms with Gasteiger partial charge < -0.3 is 14.1 Å². The average Bonchev–Trinajstić information content (AvgIpc) is 2.27. The minimum atomic E-state index is -2.61. The van der Waals surface area contributed by atoms with E-state index >= 15 is 0 Å². The van der Waals surface area contributed by atoms with E-state index in [1.807, 2.05) is 58.0 Å². The Morgan fingerprint density at radius 3 is 1.90 bits per heavy atom. The van der Waals surface area contributed by atoms with Gasteiger partial charge in [0.1, 0.15) is 4.99 Å². The maximum Gasteiger partial charge on any atom is 0.288 e. The van der Waals surface area contributed by atoms with Crippen LogP contribution in [0.3, 0.4) is 0 Å². The van der Waals surface area contributed by atoms with E-state index in [0.717, 1.165) is 5.56 Å². The third-order valence-electron chi connectivity index (χ3n) is 1.97. The molecule has 0 aromatic heterocycles. The first-order valence-corrected chi connectivity index (χ1v) is 9.21. The molecule has 0 spiro atoms. The van der Waals surface area contributed by atoms with Crippen molar-refractivity contribution < 1.29 is 9.05 Å². The van der Waals surface area contributed by atoms with Gasteiger partial charge in [-0.2, -0.15) is 0 Å². The summed E-state index contributed by atoms with van der Waals surface area (Å²) in [5, 5.41) is 3.09. The van der Waals surface area contributed by atoms with Crippen molar-refractivity contribution in [2.75, 3.05) is 0 Å². The van der Waals surface area contributed by atoms with Crippen LogP contribution in [0, 0.1) is 0 Å². The largest absolute Gasteiger partial charge is 0.311 e. The number of nitrogens with one attached hydrogen (secondary N) is 1. The summed E-state index contributed by atoms with van der Waals surface area (Å²) in [7, 11) is 0. The van der Waals surface area contributed by atoms with E-state index in [9.17, 15) is 0 Å². The first-order chi connectivity index (χ1) is 8.82. The van der Waals surface area contributed by atoms with Crippen LogP contribution < -0.4 is 5.09 Å². The molecular weight excluding hydrogens is 320 g/mol. The zero-order chi connectivity index (χ0) is 14.5. The van der Waals surface area contributed by atoms with Crippen molar-refractivity contribution >= 4 is 65.2 Å². The van der Waals surface area contributed by atoms with Gasteiger partial charge in [0.25, 0.3) is 6.64 Å². The normalized spacial score (nSPS) is 11.3. The Labute approximate surface area is 154 Å². The van der Waals surface area contributed by atoms with Crippen LogP contribution in [-0.2, 0) is 20.9 Å². The number of hydrogen-bond acceptors (Lipinski definition) is 4. The molecule has 0 bridgehead atoms. The summed E-state index contributed by atoms with van der Waals surface area (Å²) in [6.07, 6.45) is -0.0358. The molecule has 1 radical (unpaired) electrons. The number of hydrogen-bond donors (Lipinski definition) is 1. The van der Waals surface area contributed by atoms with E-state index in [4.69, 9.17) is 33.1 Å². The number of thiocarbonyl (C=S) groups is 1. The summed E-state index contributed by atoms with van der Waals surface area (Å²) in [4.78, 5) is 0.560. The van der Waals surface area contributed by atoms with Crippen molar-refractivity contribution in [3.8, 4) is 0 Å². The van der Waals surface area contributed by atoms with Gasteiger partial charge in [0.05, 0.1) is 12.2 Å². The second-order valence-corrected chi connectivity index (χ2v) is 8.10. The zero-order valence-corrected chi connectivity index (χ0v) is 17.1. The molecule has 0 heterocycles. The summed E-state index contributed by atoms with van der Waals surface area (Å²) in [5.41, 5.74) is 0.909. The molecule has 0 fully saturated rings. The monoisotopic (exact) mass is 340 g/mol. The van der Waals surface area contributed by atoms with Gasteiger partial charge in [-0.15, -0.1) is 0 Å². The van der Waals surface area contributed by atoms with Crippen LogP contribution in [0.25, 0.3) is 0 Å². The second kappa shape index (κ2) is 9.65. The van der Waals surface area contributed by atoms with Gasteiger partial charge in [-0.25, -0.2) is 0 Å². The van der Waals surface area contributed by atoms with Crippen LogP contribution in [0.1, 0.15) is 33.3 Å². The Morgan fingerprint density at radius 2 is 1.50 bits per heavy atom. The van der Waals surface area contributed by atoms with Gasteiger partial charge >= 0.3 is 0 Å². The standard InChI is InChI=1S/C13H20NO2PS2.Na/c1-10(2)15-17(19,16-11(3)4)14-13(18)12-8-6-5-7-9-12;/h5-11H,1-4H3,(H,14,18,19);. The molecule has 0 saturated heterocycles. The van der Waals surface area contributed by atoms with Crippen molar-refractivity contribution in [2.24, 2.45) is 0 Å². The van der Waals surface area contributed by atoms with E-state index in [1.54, 1.807) is 0 Å². The van der Waals surface area contributed by atoms with Gasteiger partial charge in [-0.1, -0.05) is 42.5 Å². The fraction of sp³-hybridized carbons (Fsp3) is 0.462. The van der Waals surface area contributed by atoms with Crippen LogP contribution in [0.2, 0.25) is 0 Å². The van der Waals surface area contributed by atoms with E-state index in [2.05, 4.69) is 5.09 Å². The third kappa shape index (κ3) is 7.62. The minimum Gasteiger partial charge on any atom is -0.311 e. The smallest absolute Gasteiger partial charge is 0.288 e. The topological polar surface area (TPSA) is 30.5 Å². The molecule has 107 valence electrons. The molecule has 0 saturated carbocycles. The predicted octanol–water partition coefficient (Wildman–Crippen LogP) is 3.65. The summed E-state index contributed by atoms with van der Waals surface area (Å²) < 4.78 is 11.5. The van der Waals surface area contributed by atoms with E-state index in [0.29, 0.717) is 4.99 Å². The fourth-order valence-corrected chi connectivity index (χ4v) is 5.03. The molecule has 0 aliphatic rings. The SMILES string of the molecule is CC(C)OP(=S)(NC(=S)c1ccccc1)OC(C)C.[Na].